The predicted octanol–water partition coefficient (Wildman–Crippen LogP) is 4.86. The highest BCUT2D eigenvalue weighted by molar-refractivity contribution is 6.36. The minimum absolute atomic E-state index is 0.00415. The second-order valence-corrected chi connectivity index (χ2v) is 9.32. The van der Waals surface area contributed by atoms with Crippen LogP contribution in [0.1, 0.15) is 37.3 Å². The lowest BCUT2D eigenvalue weighted by molar-refractivity contribution is -0.145. The average Bonchev–Trinajstić information content (AvgIpc) is 3.09. The van der Waals surface area contributed by atoms with E-state index in [9.17, 15) is 31.9 Å². The van der Waals surface area contributed by atoms with Gasteiger partial charge in [-0.15, -0.1) is 0 Å². The van der Waals surface area contributed by atoms with E-state index in [-0.39, 0.29) is 34.1 Å². The second-order valence-electron chi connectivity index (χ2n) is 8.51. The van der Waals surface area contributed by atoms with Crippen molar-refractivity contribution >= 4 is 46.6 Å². The van der Waals surface area contributed by atoms with Crippen molar-refractivity contribution in [3.05, 3.63) is 63.6 Å². The van der Waals surface area contributed by atoms with Crippen molar-refractivity contribution in [3.8, 4) is 0 Å². The summed E-state index contributed by atoms with van der Waals surface area (Å²) in [5.74, 6) is -6.94. The third-order valence-electron chi connectivity index (χ3n) is 5.92. The SMILES string of the molecule is O=C(Nc1cc(F)cc(F)c1)C1CCC(=O)N1[C@H](C(=O)NC1CC(F)(F)C1)c1c(Cl)cccc1Cl. The van der Waals surface area contributed by atoms with E-state index in [2.05, 4.69) is 10.6 Å². The summed E-state index contributed by atoms with van der Waals surface area (Å²) < 4.78 is 53.8. The first-order valence-electron chi connectivity index (χ1n) is 10.7. The summed E-state index contributed by atoms with van der Waals surface area (Å²) in [7, 11) is 0. The number of likely N-dealkylation sites (tertiary alicyclic amines) is 1. The molecule has 2 aromatic carbocycles. The number of carbonyl (C=O) groups is 3. The highest BCUT2D eigenvalue weighted by Crippen LogP contribution is 2.41. The summed E-state index contributed by atoms with van der Waals surface area (Å²) in [5.41, 5.74) is -0.149. The predicted molar refractivity (Wildman–Crippen MR) is 120 cm³/mol. The van der Waals surface area contributed by atoms with Gasteiger partial charge in [0.15, 0.2) is 0 Å². The zero-order valence-electron chi connectivity index (χ0n) is 18.0. The van der Waals surface area contributed by atoms with Crippen LogP contribution in [0.5, 0.6) is 0 Å². The lowest BCUT2D eigenvalue weighted by Crippen LogP contribution is -2.55. The molecule has 35 heavy (non-hydrogen) atoms. The van der Waals surface area contributed by atoms with E-state index in [1.807, 2.05) is 0 Å². The standard InChI is InChI=1S/C23H19Cl2F4N3O3/c24-15-2-1-3-16(25)19(15)20(22(35)31-14-9-23(28,29)10-14)32-17(4-5-18(32)33)21(34)30-13-7-11(26)6-12(27)8-13/h1-3,6-8,14,17,20H,4-5,9-10H2,(H,30,34)(H,31,35)/t17?,20-/m0/s1. The van der Waals surface area contributed by atoms with Crippen molar-refractivity contribution in [1.82, 2.24) is 10.2 Å². The number of amides is 3. The summed E-state index contributed by atoms with van der Waals surface area (Å²) in [6.07, 6.45) is -1.24. The molecule has 0 radical (unpaired) electrons. The molecule has 2 aromatic rings. The largest absolute Gasteiger partial charge is 0.351 e. The van der Waals surface area contributed by atoms with Gasteiger partial charge in [-0.25, -0.2) is 17.6 Å². The van der Waals surface area contributed by atoms with Gasteiger partial charge in [-0.2, -0.15) is 0 Å². The van der Waals surface area contributed by atoms with E-state index < -0.39 is 66.2 Å². The molecule has 12 heteroatoms. The normalized spacial score (nSPS) is 20.3. The third-order valence-corrected chi connectivity index (χ3v) is 6.58. The van der Waals surface area contributed by atoms with Crippen molar-refractivity contribution in [2.24, 2.45) is 0 Å². The summed E-state index contributed by atoms with van der Waals surface area (Å²) in [4.78, 5) is 40.3. The summed E-state index contributed by atoms with van der Waals surface area (Å²) in [6, 6.07) is 3.26. The van der Waals surface area contributed by atoms with Crippen LogP contribution in [0.2, 0.25) is 10.0 Å². The Labute approximate surface area is 207 Å². The van der Waals surface area contributed by atoms with E-state index in [0.29, 0.717) is 6.07 Å². The Kier molecular flexibility index (Phi) is 6.97. The Balaban J connectivity index is 1.66. The molecule has 2 aliphatic rings. The maximum atomic E-state index is 13.6. The van der Waals surface area contributed by atoms with E-state index in [1.54, 1.807) is 0 Å². The quantitative estimate of drug-likeness (QED) is 0.522. The number of halogens is 6. The molecule has 1 aliphatic carbocycles. The lowest BCUT2D eigenvalue weighted by atomic mass is 9.87. The number of anilines is 1. The van der Waals surface area contributed by atoms with Crippen LogP contribution in [0, 0.1) is 11.6 Å². The van der Waals surface area contributed by atoms with Gasteiger partial charge in [-0.3, -0.25) is 14.4 Å². The van der Waals surface area contributed by atoms with Crippen LogP contribution in [0.15, 0.2) is 36.4 Å². The number of alkyl halides is 2. The van der Waals surface area contributed by atoms with Gasteiger partial charge < -0.3 is 15.5 Å². The zero-order chi connectivity index (χ0) is 25.5. The first-order chi connectivity index (χ1) is 16.4. The molecule has 1 unspecified atom stereocenters. The molecule has 6 nitrogen and oxygen atoms in total. The Morgan fingerprint density at radius 2 is 1.66 bits per heavy atom. The molecule has 1 aliphatic heterocycles. The Morgan fingerprint density at radius 1 is 1.06 bits per heavy atom. The molecular formula is C23H19Cl2F4N3O3. The molecule has 0 bridgehead atoms. The third kappa shape index (κ3) is 5.38. The van der Waals surface area contributed by atoms with E-state index in [0.717, 1.165) is 17.0 Å². The molecule has 0 aromatic heterocycles. The molecule has 186 valence electrons. The highest BCUT2D eigenvalue weighted by atomic mass is 35.5. The minimum atomic E-state index is -2.90. The molecule has 1 saturated heterocycles. The van der Waals surface area contributed by atoms with Gasteiger partial charge >= 0.3 is 0 Å². The van der Waals surface area contributed by atoms with E-state index in [1.165, 1.54) is 18.2 Å². The van der Waals surface area contributed by atoms with Gasteiger partial charge in [0.25, 0.3) is 5.92 Å². The molecule has 0 spiro atoms. The van der Waals surface area contributed by atoms with Crippen molar-refractivity contribution in [2.45, 2.75) is 49.7 Å². The topological polar surface area (TPSA) is 78.5 Å². The number of nitrogens with zero attached hydrogens (tertiary/aromatic N) is 1. The lowest BCUT2D eigenvalue weighted by Gasteiger charge is -2.38. The molecule has 4 rings (SSSR count). The minimum Gasteiger partial charge on any atom is -0.351 e. The van der Waals surface area contributed by atoms with Crippen LogP contribution in [-0.4, -0.2) is 40.6 Å². The van der Waals surface area contributed by atoms with Gasteiger partial charge in [-0.1, -0.05) is 29.3 Å². The van der Waals surface area contributed by atoms with Crippen LogP contribution < -0.4 is 10.6 Å². The van der Waals surface area contributed by atoms with Crippen LogP contribution >= 0.6 is 23.2 Å². The highest BCUT2D eigenvalue weighted by Gasteiger charge is 2.49. The van der Waals surface area contributed by atoms with Gasteiger partial charge in [0.2, 0.25) is 17.7 Å². The summed E-state index contributed by atoms with van der Waals surface area (Å²) >= 11 is 12.6. The first kappa shape index (κ1) is 25.2. The number of hydrogen-bond acceptors (Lipinski definition) is 3. The maximum absolute atomic E-state index is 13.6. The first-order valence-corrected chi connectivity index (χ1v) is 11.4. The Bertz CT molecular complexity index is 1150. The smallest absolute Gasteiger partial charge is 0.252 e. The van der Waals surface area contributed by atoms with Crippen molar-refractivity contribution in [2.75, 3.05) is 5.32 Å². The van der Waals surface area contributed by atoms with Crippen molar-refractivity contribution in [1.29, 1.82) is 0 Å². The molecule has 1 heterocycles. The molecule has 2 atom stereocenters. The van der Waals surface area contributed by atoms with Crippen LogP contribution in [-0.2, 0) is 14.4 Å². The van der Waals surface area contributed by atoms with Gasteiger partial charge in [0.1, 0.15) is 23.7 Å². The van der Waals surface area contributed by atoms with Crippen LogP contribution in [0.3, 0.4) is 0 Å². The average molecular weight is 532 g/mol. The number of benzene rings is 2. The number of rotatable bonds is 6. The van der Waals surface area contributed by atoms with Crippen molar-refractivity contribution < 1.29 is 31.9 Å². The zero-order valence-corrected chi connectivity index (χ0v) is 19.5. The van der Waals surface area contributed by atoms with Crippen LogP contribution in [0.25, 0.3) is 0 Å². The van der Waals surface area contributed by atoms with Gasteiger partial charge in [0, 0.05) is 52.7 Å². The second kappa shape index (κ2) is 9.66. The Morgan fingerprint density at radius 3 is 2.23 bits per heavy atom. The maximum Gasteiger partial charge on any atom is 0.252 e. The number of hydrogen-bond donors (Lipinski definition) is 2. The number of carbonyl (C=O) groups excluding carboxylic acids is 3. The number of nitrogens with one attached hydrogen (secondary N) is 2. The summed E-state index contributed by atoms with van der Waals surface area (Å²) in [6.45, 7) is 0. The monoisotopic (exact) mass is 531 g/mol. The van der Waals surface area contributed by atoms with Gasteiger partial charge in [-0.05, 0) is 30.7 Å². The molecule has 1 saturated carbocycles. The Hall–Kier alpha value is -2.85. The molecule has 2 fully saturated rings. The molecule has 3 amide bonds. The fraction of sp³-hybridized carbons (Fsp3) is 0.348. The van der Waals surface area contributed by atoms with Gasteiger partial charge in [0.05, 0.1) is 0 Å². The molecule has 2 N–H and O–H groups in total. The molecular weight excluding hydrogens is 513 g/mol. The fourth-order valence-electron chi connectivity index (χ4n) is 4.35. The van der Waals surface area contributed by atoms with E-state index in [4.69, 9.17) is 23.2 Å². The van der Waals surface area contributed by atoms with Crippen molar-refractivity contribution in [3.63, 3.8) is 0 Å². The van der Waals surface area contributed by atoms with Crippen LogP contribution in [0.4, 0.5) is 23.2 Å². The van der Waals surface area contributed by atoms with E-state index >= 15 is 0 Å². The summed E-state index contributed by atoms with van der Waals surface area (Å²) in [5, 5.41) is 4.90. The fourth-order valence-corrected chi connectivity index (χ4v) is 4.95.